The topological polar surface area (TPSA) is 53.1 Å². The molecule has 1 heterocycles. The summed E-state index contributed by atoms with van der Waals surface area (Å²) in [6.07, 6.45) is 5.08. The summed E-state index contributed by atoms with van der Waals surface area (Å²) in [6, 6.07) is 1.77. The van der Waals surface area contributed by atoms with Crippen LogP contribution in [0, 0.1) is 5.92 Å². The molecule has 3 nitrogen and oxygen atoms in total. The lowest BCUT2D eigenvalue weighted by Crippen LogP contribution is -2.08. The fourth-order valence-corrected chi connectivity index (χ4v) is 2.14. The molecule has 1 unspecified atom stereocenters. The fourth-order valence-electron chi connectivity index (χ4n) is 2.14. The van der Waals surface area contributed by atoms with Crippen LogP contribution in [0.2, 0.25) is 0 Å². The summed E-state index contributed by atoms with van der Waals surface area (Å²) in [5, 5.41) is 8.90. The van der Waals surface area contributed by atoms with Crippen LogP contribution >= 0.6 is 0 Å². The highest BCUT2D eigenvalue weighted by Crippen LogP contribution is 2.35. The number of nitrogens with one attached hydrogen (secondary N) is 1. The summed E-state index contributed by atoms with van der Waals surface area (Å²) in [7, 11) is 0. The molecule has 0 saturated carbocycles. The van der Waals surface area contributed by atoms with E-state index in [1.807, 2.05) is 6.08 Å². The van der Waals surface area contributed by atoms with Crippen molar-refractivity contribution in [1.82, 2.24) is 4.98 Å². The first kappa shape index (κ1) is 10.0. The van der Waals surface area contributed by atoms with Gasteiger partial charge in [-0.05, 0) is 36.0 Å². The third-order valence-corrected chi connectivity index (χ3v) is 2.99. The second-order valence-electron chi connectivity index (χ2n) is 4.35. The standard InChI is InChI=1S/C12H15NO2/c1-7(2)8-4-3-5-10-9(8)6-11(13-10)12(14)15/h3,5-8,13H,4H2,1-2H3,(H,14,15). The van der Waals surface area contributed by atoms with E-state index < -0.39 is 5.97 Å². The van der Waals surface area contributed by atoms with Crippen molar-refractivity contribution in [2.75, 3.05) is 0 Å². The third kappa shape index (κ3) is 1.69. The van der Waals surface area contributed by atoms with Crippen molar-refractivity contribution in [3.05, 3.63) is 29.1 Å². The minimum atomic E-state index is -0.889. The van der Waals surface area contributed by atoms with Crippen LogP contribution in [0.4, 0.5) is 0 Å². The highest BCUT2D eigenvalue weighted by atomic mass is 16.4. The monoisotopic (exact) mass is 205 g/mol. The van der Waals surface area contributed by atoms with Gasteiger partial charge in [-0.2, -0.15) is 0 Å². The summed E-state index contributed by atoms with van der Waals surface area (Å²) in [5.41, 5.74) is 2.39. The van der Waals surface area contributed by atoms with Crippen molar-refractivity contribution >= 4 is 12.0 Å². The molecule has 0 radical (unpaired) electrons. The molecule has 1 aliphatic rings. The number of rotatable bonds is 2. The van der Waals surface area contributed by atoms with Crippen LogP contribution in [0.15, 0.2) is 12.1 Å². The summed E-state index contributed by atoms with van der Waals surface area (Å²) >= 11 is 0. The molecule has 3 heteroatoms. The number of hydrogen-bond acceptors (Lipinski definition) is 1. The van der Waals surface area contributed by atoms with Crippen LogP contribution in [0.1, 0.15) is 47.9 Å². The fraction of sp³-hybridized carbons (Fsp3) is 0.417. The Morgan fingerprint density at radius 3 is 2.93 bits per heavy atom. The van der Waals surface area contributed by atoms with Crippen molar-refractivity contribution in [3.63, 3.8) is 0 Å². The van der Waals surface area contributed by atoms with E-state index in [0.29, 0.717) is 11.8 Å². The lowest BCUT2D eigenvalue weighted by atomic mass is 9.83. The van der Waals surface area contributed by atoms with E-state index in [9.17, 15) is 4.79 Å². The molecule has 0 fully saturated rings. The predicted octanol–water partition coefficient (Wildman–Crippen LogP) is 2.87. The molecule has 0 amide bonds. The van der Waals surface area contributed by atoms with Crippen LogP contribution in [-0.4, -0.2) is 16.1 Å². The number of aromatic carboxylic acids is 1. The first-order valence-electron chi connectivity index (χ1n) is 5.22. The Labute approximate surface area is 88.8 Å². The van der Waals surface area contributed by atoms with Gasteiger partial charge in [0.15, 0.2) is 0 Å². The number of H-pyrrole nitrogens is 1. The number of carboxylic acid groups (broad SMARTS) is 1. The zero-order chi connectivity index (χ0) is 11.0. The van der Waals surface area contributed by atoms with Gasteiger partial charge in [-0.1, -0.05) is 19.9 Å². The maximum absolute atomic E-state index is 10.8. The molecule has 15 heavy (non-hydrogen) atoms. The van der Waals surface area contributed by atoms with E-state index in [4.69, 9.17) is 5.11 Å². The van der Waals surface area contributed by atoms with Crippen LogP contribution in [0.25, 0.3) is 6.08 Å². The molecular weight excluding hydrogens is 190 g/mol. The molecule has 0 aliphatic heterocycles. The predicted molar refractivity (Wildman–Crippen MR) is 59.0 cm³/mol. The summed E-state index contributed by atoms with van der Waals surface area (Å²) in [4.78, 5) is 13.8. The molecule has 0 bridgehead atoms. The van der Waals surface area contributed by atoms with E-state index in [0.717, 1.165) is 17.7 Å². The Hall–Kier alpha value is -1.51. The molecular formula is C12H15NO2. The zero-order valence-electron chi connectivity index (χ0n) is 8.95. The molecule has 2 rings (SSSR count). The highest BCUT2D eigenvalue weighted by Gasteiger charge is 2.23. The van der Waals surface area contributed by atoms with Gasteiger partial charge in [0.2, 0.25) is 0 Å². The molecule has 0 saturated heterocycles. The van der Waals surface area contributed by atoms with Gasteiger partial charge in [-0.15, -0.1) is 0 Å². The number of aromatic nitrogens is 1. The Bertz CT molecular complexity index is 415. The molecule has 1 aliphatic carbocycles. The van der Waals surface area contributed by atoms with Crippen LogP contribution < -0.4 is 0 Å². The van der Waals surface area contributed by atoms with Gasteiger partial charge in [0.1, 0.15) is 5.69 Å². The molecule has 0 spiro atoms. The Morgan fingerprint density at radius 2 is 2.33 bits per heavy atom. The number of aromatic amines is 1. The van der Waals surface area contributed by atoms with Gasteiger partial charge in [0.25, 0.3) is 0 Å². The first-order valence-corrected chi connectivity index (χ1v) is 5.22. The summed E-state index contributed by atoms with van der Waals surface area (Å²) in [5.74, 6) is 0.0841. The first-order chi connectivity index (χ1) is 7.09. The Kier molecular flexibility index (Phi) is 2.39. The lowest BCUT2D eigenvalue weighted by molar-refractivity contribution is 0.0691. The summed E-state index contributed by atoms with van der Waals surface area (Å²) in [6.45, 7) is 4.34. The Morgan fingerprint density at radius 1 is 1.60 bits per heavy atom. The Balaban J connectivity index is 2.44. The maximum atomic E-state index is 10.8. The molecule has 80 valence electrons. The molecule has 1 aromatic rings. The molecule has 2 N–H and O–H groups in total. The molecule has 1 aromatic heterocycles. The number of hydrogen-bond donors (Lipinski definition) is 2. The lowest BCUT2D eigenvalue weighted by Gasteiger charge is -2.22. The number of carboxylic acids is 1. The SMILES string of the molecule is CC(C)C1CC=Cc2[nH]c(C(=O)O)cc21. The maximum Gasteiger partial charge on any atom is 0.352 e. The second-order valence-corrected chi connectivity index (χ2v) is 4.35. The number of fused-ring (bicyclic) bond motifs is 1. The van der Waals surface area contributed by atoms with E-state index in [1.54, 1.807) is 6.07 Å². The van der Waals surface area contributed by atoms with Crippen molar-refractivity contribution < 1.29 is 9.90 Å². The van der Waals surface area contributed by atoms with Crippen LogP contribution in [0.3, 0.4) is 0 Å². The average molecular weight is 205 g/mol. The largest absolute Gasteiger partial charge is 0.477 e. The minimum Gasteiger partial charge on any atom is -0.477 e. The van der Waals surface area contributed by atoms with Crippen molar-refractivity contribution in [2.45, 2.75) is 26.2 Å². The summed E-state index contributed by atoms with van der Waals surface area (Å²) < 4.78 is 0. The van der Waals surface area contributed by atoms with Gasteiger partial charge in [0, 0.05) is 5.69 Å². The normalized spacial score (nSPS) is 19.3. The molecule has 1 atom stereocenters. The third-order valence-electron chi connectivity index (χ3n) is 2.99. The van der Waals surface area contributed by atoms with Gasteiger partial charge in [0.05, 0.1) is 0 Å². The second kappa shape index (κ2) is 3.57. The zero-order valence-corrected chi connectivity index (χ0v) is 8.95. The minimum absolute atomic E-state index is 0.289. The quantitative estimate of drug-likeness (QED) is 0.780. The van der Waals surface area contributed by atoms with Crippen LogP contribution in [-0.2, 0) is 0 Å². The van der Waals surface area contributed by atoms with Gasteiger partial charge >= 0.3 is 5.97 Å². The van der Waals surface area contributed by atoms with Gasteiger partial charge in [-0.3, -0.25) is 0 Å². The van der Waals surface area contributed by atoms with E-state index in [2.05, 4.69) is 24.9 Å². The smallest absolute Gasteiger partial charge is 0.352 e. The van der Waals surface area contributed by atoms with E-state index >= 15 is 0 Å². The average Bonchev–Trinajstić information content (AvgIpc) is 2.60. The number of allylic oxidation sites excluding steroid dienone is 1. The van der Waals surface area contributed by atoms with Gasteiger partial charge in [-0.25, -0.2) is 4.79 Å². The van der Waals surface area contributed by atoms with Gasteiger partial charge < -0.3 is 10.1 Å². The molecule has 0 aromatic carbocycles. The van der Waals surface area contributed by atoms with E-state index in [1.165, 1.54) is 0 Å². The van der Waals surface area contributed by atoms with E-state index in [-0.39, 0.29) is 5.69 Å². The highest BCUT2D eigenvalue weighted by molar-refractivity contribution is 5.86. The number of carbonyl (C=O) groups is 1. The van der Waals surface area contributed by atoms with Crippen molar-refractivity contribution in [3.8, 4) is 0 Å². The van der Waals surface area contributed by atoms with Crippen LogP contribution in [0.5, 0.6) is 0 Å². The van der Waals surface area contributed by atoms with Crippen molar-refractivity contribution in [2.24, 2.45) is 5.92 Å². The van der Waals surface area contributed by atoms with Crippen molar-refractivity contribution in [1.29, 1.82) is 0 Å².